The SMILES string of the molecule is O=C(O)C1CC(c2cnc3ccnn3c2)CCN1. The standard InChI is InChI=1S/C12H14N4O2/c17-12(18)10-5-8(1-3-13-10)9-6-14-11-2-4-15-16(11)7-9/h2,4,6-8,10,13H,1,3,5H2,(H,17,18). The summed E-state index contributed by atoms with van der Waals surface area (Å²) in [5, 5.41) is 16.2. The monoisotopic (exact) mass is 246 g/mol. The third-order valence-electron chi connectivity index (χ3n) is 3.44. The van der Waals surface area contributed by atoms with E-state index in [2.05, 4.69) is 15.4 Å². The number of nitrogens with one attached hydrogen (secondary N) is 1. The first kappa shape index (κ1) is 11.2. The van der Waals surface area contributed by atoms with E-state index in [9.17, 15) is 4.79 Å². The van der Waals surface area contributed by atoms with Crippen molar-refractivity contribution in [2.75, 3.05) is 6.54 Å². The van der Waals surface area contributed by atoms with Crippen LogP contribution >= 0.6 is 0 Å². The fourth-order valence-electron chi connectivity index (χ4n) is 2.44. The summed E-state index contributed by atoms with van der Waals surface area (Å²) >= 11 is 0. The van der Waals surface area contributed by atoms with Crippen LogP contribution in [0.1, 0.15) is 24.3 Å². The molecule has 2 atom stereocenters. The summed E-state index contributed by atoms with van der Waals surface area (Å²) in [6.45, 7) is 0.721. The second kappa shape index (κ2) is 4.38. The predicted molar refractivity (Wildman–Crippen MR) is 64.4 cm³/mol. The zero-order chi connectivity index (χ0) is 12.5. The third-order valence-corrected chi connectivity index (χ3v) is 3.44. The van der Waals surface area contributed by atoms with E-state index >= 15 is 0 Å². The van der Waals surface area contributed by atoms with Crippen LogP contribution in [-0.2, 0) is 4.79 Å². The Labute approximate surface area is 104 Å². The Hall–Kier alpha value is -1.95. The molecule has 2 N–H and O–H groups in total. The highest BCUT2D eigenvalue weighted by Gasteiger charge is 2.27. The van der Waals surface area contributed by atoms with Gasteiger partial charge in [0.2, 0.25) is 0 Å². The Bertz CT molecular complexity index is 580. The second-order valence-electron chi connectivity index (χ2n) is 4.59. The molecule has 1 saturated heterocycles. The van der Waals surface area contributed by atoms with Gasteiger partial charge in [-0.05, 0) is 30.9 Å². The number of hydrogen-bond acceptors (Lipinski definition) is 4. The van der Waals surface area contributed by atoms with Gasteiger partial charge >= 0.3 is 5.97 Å². The molecule has 1 fully saturated rings. The van der Waals surface area contributed by atoms with E-state index in [1.165, 1.54) is 0 Å². The molecule has 0 aromatic carbocycles. The van der Waals surface area contributed by atoms with Gasteiger partial charge in [0.25, 0.3) is 0 Å². The average molecular weight is 246 g/mol. The van der Waals surface area contributed by atoms with Gasteiger partial charge in [0.15, 0.2) is 5.65 Å². The zero-order valence-electron chi connectivity index (χ0n) is 9.78. The lowest BCUT2D eigenvalue weighted by Gasteiger charge is -2.27. The van der Waals surface area contributed by atoms with Gasteiger partial charge in [-0.15, -0.1) is 0 Å². The van der Waals surface area contributed by atoms with E-state index in [4.69, 9.17) is 5.11 Å². The third kappa shape index (κ3) is 1.95. The summed E-state index contributed by atoms with van der Waals surface area (Å²) in [5.41, 5.74) is 1.86. The lowest BCUT2D eigenvalue weighted by Crippen LogP contribution is -2.42. The molecule has 0 spiro atoms. The first-order valence-corrected chi connectivity index (χ1v) is 5.99. The largest absolute Gasteiger partial charge is 0.480 e. The summed E-state index contributed by atoms with van der Waals surface area (Å²) < 4.78 is 1.73. The van der Waals surface area contributed by atoms with Crippen LogP contribution in [-0.4, -0.2) is 38.3 Å². The molecular formula is C12H14N4O2. The summed E-state index contributed by atoms with van der Waals surface area (Å²) in [6.07, 6.45) is 7.00. The molecule has 0 amide bonds. The van der Waals surface area contributed by atoms with Crippen LogP contribution in [0.2, 0.25) is 0 Å². The van der Waals surface area contributed by atoms with Gasteiger partial charge in [0, 0.05) is 18.5 Å². The van der Waals surface area contributed by atoms with Crippen molar-refractivity contribution in [3.8, 4) is 0 Å². The van der Waals surface area contributed by atoms with Crippen LogP contribution in [0.3, 0.4) is 0 Å². The minimum atomic E-state index is -0.784. The van der Waals surface area contributed by atoms with Gasteiger partial charge in [0.05, 0.1) is 6.20 Å². The van der Waals surface area contributed by atoms with Gasteiger partial charge in [0.1, 0.15) is 6.04 Å². The molecule has 2 unspecified atom stereocenters. The molecule has 0 bridgehead atoms. The lowest BCUT2D eigenvalue weighted by molar-refractivity contribution is -0.140. The van der Waals surface area contributed by atoms with Gasteiger partial charge in [-0.3, -0.25) is 4.79 Å². The van der Waals surface area contributed by atoms with Crippen molar-refractivity contribution in [1.29, 1.82) is 0 Å². The number of nitrogens with zero attached hydrogens (tertiary/aromatic N) is 3. The molecular weight excluding hydrogens is 232 g/mol. The summed E-state index contributed by atoms with van der Waals surface area (Å²) in [5.74, 6) is -0.554. The smallest absolute Gasteiger partial charge is 0.320 e. The zero-order valence-corrected chi connectivity index (χ0v) is 9.78. The number of carbonyl (C=O) groups is 1. The van der Waals surface area contributed by atoms with Crippen LogP contribution in [0.5, 0.6) is 0 Å². The fraction of sp³-hybridized carbons (Fsp3) is 0.417. The Morgan fingerprint density at radius 1 is 1.56 bits per heavy atom. The van der Waals surface area contributed by atoms with E-state index in [-0.39, 0.29) is 5.92 Å². The quantitative estimate of drug-likeness (QED) is 0.813. The first-order chi connectivity index (χ1) is 8.74. The summed E-state index contributed by atoms with van der Waals surface area (Å²) in [6, 6.07) is 1.38. The maximum absolute atomic E-state index is 11.0. The van der Waals surface area contributed by atoms with Crippen LogP contribution in [0, 0.1) is 0 Å². The molecule has 1 aliphatic rings. The maximum Gasteiger partial charge on any atom is 0.320 e. The second-order valence-corrected chi connectivity index (χ2v) is 4.59. The number of rotatable bonds is 2. The molecule has 0 saturated carbocycles. The van der Waals surface area contributed by atoms with Crippen molar-refractivity contribution in [3.05, 3.63) is 30.2 Å². The minimum absolute atomic E-state index is 0.230. The molecule has 6 nitrogen and oxygen atoms in total. The van der Waals surface area contributed by atoms with Crippen LogP contribution < -0.4 is 5.32 Å². The van der Waals surface area contributed by atoms with E-state index in [1.807, 2.05) is 18.5 Å². The lowest BCUT2D eigenvalue weighted by atomic mass is 9.88. The van der Waals surface area contributed by atoms with Crippen molar-refractivity contribution in [2.24, 2.45) is 0 Å². The van der Waals surface area contributed by atoms with Gasteiger partial charge < -0.3 is 10.4 Å². The van der Waals surface area contributed by atoms with Crippen LogP contribution in [0.15, 0.2) is 24.7 Å². The number of aliphatic carboxylic acids is 1. The first-order valence-electron chi connectivity index (χ1n) is 5.99. The highest BCUT2D eigenvalue weighted by molar-refractivity contribution is 5.73. The Morgan fingerprint density at radius 2 is 2.44 bits per heavy atom. The molecule has 94 valence electrons. The van der Waals surface area contributed by atoms with Gasteiger partial charge in [-0.2, -0.15) is 5.10 Å². The fourth-order valence-corrected chi connectivity index (χ4v) is 2.44. The highest BCUT2D eigenvalue weighted by Crippen LogP contribution is 2.27. The predicted octanol–water partition coefficient (Wildman–Crippen LogP) is 0.649. The van der Waals surface area contributed by atoms with Crippen molar-refractivity contribution in [1.82, 2.24) is 19.9 Å². The average Bonchev–Trinajstić information content (AvgIpc) is 2.86. The summed E-state index contributed by atoms with van der Waals surface area (Å²) in [7, 11) is 0. The molecule has 2 aromatic rings. The molecule has 2 aromatic heterocycles. The number of hydrogen-bond donors (Lipinski definition) is 2. The summed E-state index contributed by atoms with van der Waals surface area (Å²) in [4.78, 5) is 15.3. The molecule has 1 aliphatic heterocycles. The van der Waals surface area contributed by atoms with E-state index in [0.717, 1.165) is 24.2 Å². The van der Waals surface area contributed by atoms with E-state index in [1.54, 1.807) is 10.7 Å². The number of carboxylic acid groups (broad SMARTS) is 1. The van der Waals surface area contributed by atoms with E-state index < -0.39 is 12.0 Å². The van der Waals surface area contributed by atoms with Gasteiger partial charge in [-0.25, -0.2) is 9.50 Å². The number of fused-ring (bicyclic) bond motifs is 1. The van der Waals surface area contributed by atoms with Crippen LogP contribution in [0.4, 0.5) is 0 Å². The maximum atomic E-state index is 11.0. The normalized spacial score (nSPS) is 24.2. The Morgan fingerprint density at radius 3 is 3.28 bits per heavy atom. The number of piperidine rings is 1. The molecule has 0 aliphatic carbocycles. The highest BCUT2D eigenvalue weighted by atomic mass is 16.4. The Balaban J connectivity index is 1.86. The topological polar surface area (TPSA) is 79.5 Å². The minimum Gasteiger partial charge on any atom is -0.480 e. The number of carboxylic acids is 1. The Kier molecular flexibility index (Phi) is 2.71. The number of aromatic nitrogens is 3. The van der Waals surface area contributed by atoms with Gasteiger partial charge in [-0.1, -0.05) is 0 Å². The van der Waals surface area contributed by atoms with Crippen molar-refractivity contribution in [3.63, 3.8) is 0 Å². The molecule has 3 rings (SSSR count). The molecule has 3 heterocycles. The van der Waals surface area contributed by atoms with Crippen molar-refractivity contribution >= 4 is 11.6 Å². The van der Waals surface area contributed by atoms with Crippen molar-refractivity contribution in [2.45, 2.75) is 24.8 Å². The van der Waals surface area contributed by atoms with E-state index in [0.29, 0.717) is 6.42 Å². The molecule has 6 heteroatoms. The van der Waals surface area contributed by atoms with Crippen molar-refractivity contribution < 1.29 is 9.90 Å². The molecule has 18 heavy (non-hydrogen) atoms. The molecule has 0 radical (unpaired) electrons. The van der Waals surface area contributed by atoms with Crippen LogP contribution in [0.25, 0.3) is 5.65 Å².